The Morgan fingerprint density at radius 1 is 1.56 bits per heavy atom. The Hall–Kier alpha value is -1.04. The summed E-state index contributed by atoms with van der Waals surface area (Å²) in [4.78, 5) is 1.24. The van der Waals surface area contributed by atoms with E-state index >= 15 is 0 Å². The standard InChI is InChI=1S/C12H16ClN3OS/c1-14-9(6-8-4-5-11(13)18-8)10-7-12(17-3)16(2)15-10/h4-5,7,9,14H,6H2,1-3H3. The van der Waals surface area contributed by atoms with Gasteiger partial charge in [0.2, 0.25) is 5.88 Å². The Labute approximate surface area is 116 Å². The van der Waals surface area contributed by atoms with Gasteiger partial charge in [-0.2, -0.15) is 5.10 Å². The Bertz CT molecular complexity index is 523. The van der Waals surface area contributed by atoms with Crippen LogP contribution in [0, 0.1) is 0 Å². The van der Waals surface area contributed by atoms with E-state index in [2.05, 4.69) is 16.5 Å². The fourth-order valence-corrected chi connectivity index (χ4v) is 2.98. The number of ether oxygens (including phenoxy) is 1. The first-order valence-corrected chi connectivity index (χ1v) is 6.83. The summed E-state index contributed by atoms with van der Waals surface area (Å²) in [5, 5.41) is 7.73. The Kier molecular flexibility index (Phi) is 4.27. The van der Waals surface area contributed by atoms with Crippen LogP contribution < -0.4 is 10.1 Å². The quantitative estimate of drug-likeness (QED) is 0.918. The molecule has 4 nitrogen and oxygen atoms in total. The fourth-order valence-electron chi connectivity index (χ4n) is 1.85. The van der Waals surface area contributed by atoms with E-state index in [0.29, 0.717) is 0 Å². The molecule has 0 aliphatic carbocycles. The molecule has 2 aromatic heterocycles. The van der Waals surface area contributed by atoms with Gasteiger partial charge < -0.3 is 10.1 Å². The number of hydrogen-bond acceptors (Lipinski definition) is 4. The van der Waals surface area contributed by atoms with Gasteiger partial charge in [-0.3, -0.25) is 0 Å². The molecule has 0 fully saturated rings. The van der Waals surface area contributed by atoms with Crippen molar-refractivity contribution in [3.63, 3.8) is 0 Å². The highest BCUT2D eigenvalue weighted by Crippen LogP contribution is 2.27. The van der Waals surface area contributed by atoms with Gasteiger partial charge in [0.05, 0.1) is 23.2 Å². The van der Waals surface area contributed by atoms with Crippen LogP contribution in [0.5, 0.6) is 5.88 Å². The van der Waals surface area contributed by atoms with E-state index in [1.807, 2.05) is 26.2 Å². The molecular weight excluding hydrogens is 270 g/mol. The highest BCUT2D eigenvalue weighted by Gasteiger charge is 2.16. The molecule has 0 saturated carbocycles. The first-order valence-electron chi connectivity index (χ1n) is 5.63. The van der Waals surface area contributed by atoms with E-state index in [1.165, 1.54) is 4.88 Å². The van der Waals surface area contributed by atoms with E-state index in [-0.39, 0.29) is 6.04 Å². The second-order valence-corrected chi connectivity index (χ2v) is 5.79. The number of thiophene rings is 1. The zero-order chi connectivity index (χ0) is 13.1. The highest BCUT2D eigenvalue weighted by molar-refractivity contribution is 7.16. The predicted octanol–water partition coefficient (Wildman–Crippen LogP) is 2.65. The second-order valence-electron chi connectivity index (χ2n) is 3.99. The average Bonchev–Trinajstić information content (AvgIpc) is 2.92. The van der Waals surface area contributed by atoms with E-state index in [0.717, 1.165) is 22.3 Å². The minimum Gasteiger partial charge on any atom is -0.481 e. The van der Waals surface area contributed by atoms with Crippen molar-refractivity contribution in [3.8, 4) is 5.88 Å². The summed E-state index contributed by atoms with van der Waals surface area (Å²) in [7, 11) is 5.45. The van der Waals surface area contributed by atoms with Crippen LogP contribution in [-0.2, 0) is 13.5 Å². The van der Waals surface area contributed by atoms with Gasteiger partial charge in [-0.05, 0) is 19.2 Å². The minimum atomic E-state index is 0.162. The summed E-state index contributed by atoms with van der Waals surface area (Å²) in [6, 6.07) is 6.09. The lowest BCUT2D eigenvalue weighted by molar-refractivity contribution is 0.373. The van der Waals surface area contributed by atoms with E-state index in [4.69, 9.17) is 16.3 Å². The average molecular weight is 286 g/mol. The summed E-state index contributed by atoms with van der Waals surface area (Å²) >= 11 is 7.55. The topological polar surface area (TPSA) is 39.1 Å². The van der Waals surface area contributed by atoms with Crippen molar-refractivity contribution >= 4 is 22.9 Å². The van der Waals surface area contributed by atoms with Crippen molar-refractivity contribution in [2.45, 2.75) is 12.5 Å². The fraction of sp³-hybridized carbons (Fsp3) is 0.417. The van der Waals surface area contributed by atoms with Gasteiger partial charge in [0.25, 0.3) is 0 Å². The normalized spacial score (nSPS) is 12.7. The van der Waals surface area contributed by atoms with Crippen LogP contribution >= 0.6 is 22.9 Å². The Morgan fingerprint density at radius 3 is 2.83 bits per heavy atom. The van der Waals surface area contributed by atoms with Gasteiger partial charge in [-0.15, -0.1) is 11.3 Å². The van der Waals surface area contributed by atoms with E-state index < -0.39 is 0 Å². The number of aryl methyl sites for hydroxylation is 1. The molecule has 98 valence electrons. The van der Waals surface area contributed by atoms with Crippen LogP contribution in [0.3, 0.4) is 0 Å². The van der Waals surface area contributed by atoms with Gasteiger partial charge in [0.15, 0.2) is 0 Å². The van der Waals surface area contributed by atoms with Crippen LogP contribution in [-0.4, -0.2) is 23.9 Å². The maximum Gasteiger partial charge on any atom is 0.211 e. The van der Waals surface area contributed by atoms with E-state index in [9.17, 15) is 0 Å². The van der Waals surface area contributed by atoms with Crippen molar-refractivity contribution in [3.05, 3.63) is 33.1 Å². The van der Waals surface area contributed by atoms with Crippen molar-refractivity contribution in [2.75, 3.05) is 14.2 Å². The van der Waals surface area contributed by atoms with Crippen LogP contribution in [0.2, 0.25) is 4.34 Å². The van der Waals surface area contributed by atoms with Crippen molar-refractivity contribution in [1.82, 2.24) is 15.1 Å². The summed E-state index contributed by atoms with van der Waals surface area (Å²) in [6.07, 6.45) is 0.869. The smallest absolute Gasteiger partial charge is 0.211 e. The lowest BCUT2D eigenvalue weighted by atomic mass is 10.1. The van der Waals surface area contributed by atoms with Crippen LogP contribution in [0.25, 0.3) is 0 Å². The number of rotatable bonds is 5. The first kappa shape index (κ1) is 13.4. The molecule has 0 aromatic carbocycles. The number of halogens is 1. The monoisotopic (exact) mass is 285 g/mol. The maximum atomic E-state index is 5.94. The molecule has 1 unspecified atom stereocenters. The lowest BCUT2D eigenvalue weighted by Gasteiger charge is -2.11. The van der Waals surface area contributed by atoms with Gasteiger partial charge in [-0.1, -0.05) is 11.6 Å². The molecule has 2 heterocycles. The Morgan fingerprint density at radius 2 is 2.33 bits per heavy atom. The molecular formula is C12H16ClN3OS. The molecule has 1 N–H and O–H groups in total. The van der Waals surface area contributed by atoms with E-state index in [1.54, 1.807) is 23.1 Å². The SMILES string of the molecule is CNC(Cc1ccc(Cl)s1)c1cc(OC)n(C)n1. The van der Waals surface area contributed by atoms with Crippen molar-refractivity contribution < 1.29 is 4.74 Å². The van der Waals surface area contributed by atoms with Gasteiger partial charge in [0, 0.05) is 24.4 Å². The predicted molar refractivity (Wildman–Crippen MR) is 74.6 cm³/mol. The third-order valence-electron chi connectivity index (χ3n) is 2.80. The number of methoxy groups -OCH3 is 1. The molecule has 0 aliphatic heterocycles. The van der Waals surface area contributed by atoms with Gasteiger partial charge in [0.1, 0.15) is 0 Å². The van der Waals surface area contributed by atoms with Crippen LogP contribution in [0.1, 0.15) is 16.6 Å². The van der Waals surface area contributed by atoms with Gasteiger partial charge in [-0.25, -0.2) is 4.68 Å². The molecule has 2 aromatic rings. The first-order chi connectivity index (χ1) is 8.63. The summed E-state index contributed by atoms with van der Waals surface area (Å²) in [5.74, 6) is 0.759. The largest absolute Gasteiger partial charge is 0.481 e. The molecule has 0 radical (unpaired) electrons. The number of nitrogens with one attached hydrogen (secondary N) is 1. The molecule has 1 atom stereocenters. The van der Waals surface area contributed by atoms with Crippen LogP contribution in [0.15, 0.2) is 18.2 Å². The third kappa shape index (κ3) is 2.85. The zero-order valence-corrected chi connectivity index (χ0v) is 12.2. The lowest BCUT2D eigenvalue weighted by Crippen LogP contribution is -2.19. The summed E-state index contributed by atoms with van der Waals surface area (Å²) in [5.41, 5.74) is 0.973. The van der Waals surface area contributed by atoms with Crippen molar-refractivity contribution in [2.24, 2.45) is 7.05 Å². The summed E-state index contributed by atoms with van der Waals surface area (Å²) < 4.78 is 7.78. The molecule has 0 bridgehead atoms. The zero-order valence-electron chi connectivity index (χ0n) is 10.6. The molecule has 0 aliphatic rings. The molecule has 0 amide bonds. The van der Waals surface area contributed by atoms with Crippen LogP contribution in [0.4, 0.5) is 0 Å². The maximum absolute atomic E-state index is 5.94. The van der Waals surface area contributed by atoms with Crippen molar-refractivity contribution in [1.29, 1.82) is 0 Å². The van der Waals surface area contributed by atoms with Gasteiger partial charge >= 0.3 is 0 Å². The molecule has 18 heavy (non-hydrogen) atoms. The minimum absolute atomic E-state index is 0.162. The molecule has 2 rings (SSSR count). The molecule has 0 spiro atoms. The number of hydrogen-bond donors (Lipinski definition) is 1. The molecule has 0 saturated heterocycles. The third-order valence-corrected chi connectivity index (χ3v) is 4.06. The highest BCUT2D eigenvalue weighted by atomic mass is 35.5. The molecule has 6 heteroatoms. The summed E-state index contributed by atoms with van der Waals surface area (Å²) in [6.45, 7) is 0. The number of aromatic nitrogens is 2. The Balaban J connectivity index is 2.17. The number of nitrogens with zero attached hydrogens (tertiary/aromatic N) is 2. The second kappa shape index (κ2) is 5.73. The number of likely N-dealkylation sites (N-methyl/N-ethyl adjacent to an activating group) is 1.